The van der Waals surface area contributed by atoms with Crippen LogP contribution in [0.2, 0.25) is 5.02 Å². The van der Waals surface area contributed by atoms with Crippen LogP contribution in [0.4, 0.5) is 24.7 Å². The molecule has 0 fully saturated rings. The lowest BCUT2D eigenvalue weighted by atomic mass is 9.97. The molecule has 5 nitrogen and oxygen atoms in total. The number of carbonyl (C=O) groups excluding carboxylic acids is 1. The van der Waals surface area contributed by atoms with E-state index in [1.54, 1.807) is 29.2 Å². The molecule has 0 saturated carbocycles. The Morgan fingerprint density at radius 1 is 1.15 bits per heavy atom. The number of halogens is 5. The molecule has 2 atom stereocenters. The standard InChI is InChI=1S/C23H19BrClF3N4O/c24-15-9-7-13(8-10-15)16-12-18(23(26,27)28)32-21(29-16)19(25)20(30-32)22(33)31-11-3-5-14-4-1-2-6-17(14)31/h1-2,4,6-10,16,18,29H,3,5,11-12H2/t16-,18+/m0/s1. The molecule has 172 valence electrons. The second-order valence-electron chi connectivity index (χ2n) is 8.19. The number of aryl methyl sites for hydroxylation is 1. The third-order valence-corrected chi connectivity index (χ3v) is 7.01. The van der Waals surface area contributed by atoms with Crippen LogP contribution < -0.4 is 10.2 Å². The lowest BCUT2D eigenvalue weighted by Crippen LogP contribution is -2.37. The Labute approximate surface area is 201 Å². The lowest BCUT2D eigenvalue weighted by molar-refractivity contribution is -0.173. The van der Waals surface area contributed by atoms with Crippen molar-refractivity contribution in [3.05, 3.63) is 74.8 Å². The quantitative estimate of drug-likeness (QED) is 0.402. The summed E-state index contributed by atoms with van der Waals surface area (Å²) in [4.78, 5) is 14.9. The zero-order valence-electron chi connectivity index (χ0n) is 17.2. The number of nitrogens with zero attached hydrogens (tertiary/aromatic N) is 3. The second kappa shape index (κ2) is 8.36. The summed E-state index contributed by atoms with van der Waals surface area (Å²) >= 11 is 9.85. The highest BCUT2D eigenvalue weighted by Crippen LogP contribution is 2.46. The van der Waals surface area contributed by atoms with Crippen LogP contribution in [0, 0.1) is 0 Å². The normalized spacial score (nSPS) is 20.1. The van der Waals surface area contributed by atoms with Gasteiger partial charge in [0.05, 0.1) is 6.04 Å². The molecule has 3 aromatic rings. The van der Waals surface area contributed by atoms with E-state index in [0.717, 1.165) is 33.2 Å². The number of alkyl halides is 3. The second-order valence-corrected chi connectivity index (χ2v) is 9.48. The van der Waals surface area contributed by atoms with Gasteiger partial charge >= 0.3 is 6.18 Å². The molecule has 0 bridgehead atoms. The molecule has 1 N–H and O–H groups in total. The summed E-state index contributed by atoms with van der Waals surface area (Å²) in [5, 5.41) is 7.08. The van der Waals surface area contributed by atoms with E-state index in [-0.39, 0.29) is 23.0 Å². The van der Waals surface area contributed by atoms with Crippen molar-refractivity contribution in [3.63, 3.8) is 0 Å². The first-order valence-corrected chi connectivity index (χ1v) is 11.7. The Kier molecular flexibility index (Phi) is 5.64. The highest BCUT2D eigenvalue weighted by molar-refractivity contribution is 9.10. The fourth-order valence-electron chi connectivity index (χ4n) is 4.51. The number of hydrogen-bond donors (Lipinski definition) is 1. The number of benzene rings is 2. The number of nitrogens with one attached hydrogen (secondary N) is 1. The van der Waals surface area contributed by atoms with E-state index < -0.39 is 24.2 Å². The van der Waals surface area contributed by atoms with E-state index in [9.17, 15) is 18.0 Å². The lowest BCUT2D eigenvalue weighted by Gasteiger charge is -2.33. The minimum Gasteiger partial charge on any atom is -0.362 e. The van der Waals surface area contributed by atoms with Crippen molar-refractivity contribution >= 4 is 44.9 Å². The van der Waals surface area contributed by atoms with Gasteiger partial charge < -0.3 is 10.2 Å². The van der Waals surface area contributed by atoms with Crippen LogP contribution in [0.1, 0.15) is 46.5 Å². The first-order valence-electron chi connectivity index (χ1n) is 10.5. The van der Waals surface area contributed by atoms with Gasteiger partial charge in [0.25, 0.3) is 5.91 Å². The highest BCUT2D eigenvalue weighted by atomic mass is 79.9. The summed E-state index contributed by atoms with van der Waals surface area (Å²) in [7, 11) is 0. The summed E-state index contributed by atoms with van der Waals surface area (Å²) < 4.78 is 43.7. The minimum absolute atomic E-state index is 0.00630. The van der Waals surface area contributed by atoms with Crippen molar-refractivity contribution in [2.75, 3.05) is 16.8 Å². The number of hydrogen-bond acceptors (Lipinski definition) is 3. The van der Waals surface area contributed by atoms with E-state index in [1.165, 1.54) is 0 Å². The van der Waals surface area contributed by atoms with Gasteiger partial charge in [-0.3, -0.25) is 4.79 Å². The number of rotatable bonds is 2. The molecule has 0 saturated heterocycles. The highest BCUT2D eigenvalue weighted by Gasteiger charge is 2.48. The van der Waals surface area contributed by atoms with Gasteiger partial charge in [-0.2, -0.15) is 18.3 Å². The first-order chi connectivity index (χ1) is 15.7. The average Bonchev–Trinajstić information content (AvgIpc) is 3.14. The Balaban J connectivity index is 1.55. The number of amides is 1. The Hall–Kier alpha value is -2.52. The third-order valence-electron chi connectivity index (χ3n) is 6.13. The predicted octanol–water partition coefficient (Wildman–Crippen LogP) is 6.55. The number of aromatic nitrogens is 2. The van der Waals surface area contributed by atoms with E-state index in [1.807, 2.05) is 24.3 Å². The fourth-order valence-corrected chi connectivity index (χ4v) is 5.04. The smallest absolute Gasteiger partial charge is 0.362 e. The molecule has 0 radical (unpaired) electrons. The van der Waals surface area contributed by atoms with Crippen molar-refractivity contribution in [3.8, 4) is 0 Å². The molecule has 3 heterocycles. The Bertz CT molecular complexity index is 1210. The molecule has 2 aliphatic heterocycles. The summed E-state index contributed by atoms with van der Waals surface area (Å²) in [6.07, 6.45) is -3.24. The van der Waals surface area contributed by atoms with Crippen molar-refractivity contribution in [1.82, 2.24) is 9.78 Å². The maximum atomic E-state index is 14.0. The minimum atomic E-state index is -4.56. The van der Waals surface area contributed by atoms with Gasteiger partial charge in [0, 0.05) is 23.1 Å². The summed E-state index contributed by atoms with van der Waals surface area (Å²) in [5.74, 6) is -0.497. The van der Waals surface area contributed by atoms with E-state index in [2.05, 4.69) is 26.3 Å². The predicted molar refractivity (Wildman–Crippen MR) is 124 cm³/mol. The molecule has 33 heavy (non-hydrogen) atoms. The molecule has 5 rings (SSSR count). The van der Waals surface area contributed by atoms with E-state index in [4.69, 9.17) is 11.6 Å². The number of fused-ring (bicyclic) bond motifs is 2. The molecule has 0 spiro atoms. The van der Waals surface area contributed by atoms with E-state index >= 15 is 0 Å². The summed E-state index contributed by atoms with van der Waals surface area (Å²) in [6, 6.07) is 12.0. The molecule has 1 aromatic heterocycles. The van der Waals surface area contributed by atoms with Crippen LogP contribution in [0.15, 0.2) is 53.0 Å². The molecule has 2 aromatic carbocycles. The molecule has 0 unspecified atom stereocenters. The number of carbonyl (C=O) groups is 1. The molecule has 0 aliphatic carbocycles. The summed E-state index contributed by atoms with van der Waals surface area (Å²) in [6.45, 7) is 0.450. The SMILES string of the molecule is O=C(c1nn2c(c1Cl)N[C@H](c1ccc(Br)cc1)C[C@@H]2C(F)(F)F)N1CCCc2ccccc21. The van der Waals surface area contributed by atoms with Crippen molar-refractivity contribution in [2.24, 2.45) is 0 Å². The molecule has 1 amide bonds. The summed E-state index contributed by atoms with van der Waals surface area (Å²) in [5.41, 5.74) is 2.26. The fraction of sp³-hybridized carbons (Fsp3) is 0.304. The maximum absolute atomic E-state index is 14.0. The van der Waals surface area contributed by atoms with Crippen LogP contribution >= 0.6 is 27.5 Å². The van der Waals surface area contributed by atoms with Gasteiger partial charge in [-0.15, -0.1) is 0 Å². The van der Waals surface area contributed by atoms with Gasteiger partial charge in [-0.1, -0.05) is 57.9 Å². The van der Waals surface area contributed by atoms with Gasteiger partial charge in [0.2, 0.25) is 0 Å². The topological polar surface area (TPSA) is 50.2 Å². The van der Waals surface area contributed by atoms with Crippen LogP contribution in [-0.2, 0) is 6.42 Å². The third kappa shape index (κ3) is 4.01. The molecule has 10 heteroatoms. The van der Waals surface area contributed by atoms with Crippen LogP contribution in [0.25, 0.3) is 0 Å². The molecular formula is C23H19BrClF3N4O. The average molecular weight is 540 g/mol. The van der Waals surface area contributed by atoms with Gasteiger partial charge in [0.15, 0.2) is 11.7 Å². The largest absolute Gasteiger partial charge is 0.410 e. The van der Waals surface area contributed by atoms with Gasteiger partial charge in [-0.05, 0) is 42.2 Å². The Morgan fingerprint density at radius 2 is 1.88 bits per heavy atom. The number of anilines is 2. The van der Waals surface area contributed by atoms with Crippen molar-refractivity contribution < 1.29 is 18.0 Å². The van der Waals surface area contributed by atoms with Crippen molar-refractivity contribution in [2.45, 2.75) is 37.5 Å². The van der Waals surface area contributed by atoms with Crippen molar-refractivity contribution in [1.29, 1.82) is 0 Å². The zero-order chi connectivity index (χ0) is 23.3. The van der Waals surface area contributed by atoms with Crippen LogP contribution in [0.3, 0.4) is 0 Å². The van der Waals surface area contributed by atoms with Crippen LogP contribution in [-0.4, -0.2) is 28.4 Å². The zero-order valence-corrected chi connectivity index (χ0v) is 19.6. The number of para-hydroxylation sites is 1. The monoisotopic (exact) mass is 538 g/mol. The Morgan fingerprint density at radius 3 is 2.61 bits per heavy atom. The van der Waals surface area contributed by atoms with Gasteiger partial charge in [-0.25, -0.2) is 4.68 Å². The van der Waals surface area contributed by atoms with Crippen LogP contribution in [0.5, 0.6) is 0 Å². The molecular weight excluding hydrogens is 521 g/mol. The van der Waals surface area contributed by atoms with E-state index in [0.29, 0.717) is 12.1 Å². The maximum Gasteiger partial charge on any atom is 0.410 e. The first kappa shape index (κ1) is 22.3. The molecule has 2 aliphatic rings. The van der Waals surface area contributed by atoms with Gasteiger partial charge in [0.1, 0.15) is 10.8 Å².